The van der Waals surface area contributed by atoms with Crippen molar-refractivity contribution < 1.29 is 19.4 Å². The molecule has 0 aliphatic carbocycles. The number of carbonyl (C=O) groups is 2. The normalized spacial score (nSPS) is 12.9. The number of carboxylic acid groups (broad SMARTS) is 1. The van der Waals surface area contributed by atoms with Gasteiger partial charge in [-0.2, -0.15) is 0 Å². The van der Waals surface area contributed by atoms with E-state index in [9.17, 15) is 14.7 Å². The van der Waals surface area contributed by atoms with E-state index in [0.29, 0.717) is 17.9 Å². The number of carboxylic acids is 1. The molecule has 0 spiro atoms. The van der Waals surface area contributed by atoms with Crippen LogP contribution in [-0.2, 0) is 16.0 Å². The number of carbonyl (C=O) groups excluding carboxylic acids is 2. The highest BCUT2D eigenvalue weighted by Gasteiger charge is 2.26. The van der Waals surface area contributed by atoms with Crippen molar-refractivity contribution in [3.8, 4) is 5.75 Å². The second-order valence-corrected chi connectivity index (χ2v) is 6.63. The zero-order chi connectivity index (χ0) is 19.3. The highest BCUT2D eigenvalue weighted by atomic mass is 16.5. The predicted octanol–water partition coefficient (Wildman–Crippen LogP) is 2.50. The van der Waals surface area contributed by atoms with Crippen LogP contribution in [0.15, 0.2) is 42.5 Å². The van der Waals surface area contributed by atoms with E-state index in [-0.39, 0.29) is 5.91 Å². The minimum absolute atomic E-state index is 0.333. The van der Waals surface area contributed by atoms with Crippen LogP contribution in [0.3, 0.4) is 0 Å². The van der Waals surface area contributed by atoms with Crippen molar-refractivity contribution in [1.29, 1.82) is 0 Å². The van der Waals surface area contributed by atoms with Crippen molar-refractivity contribution in [1.82, 2.24) is 0 Å². The molecule has 0 radical (unpaired) electrons. The predicted molar refractivity (Wildman–Crippen MR) is 98.9 cm³/mol. The van der Waals surface area contributed by atoms with Crippen LogP contribution < -0.4 is 15.2 Å². The molecule has 0 bridgehead atoms. The van der Waals surface area contributed by atoms with Gasteiger partial charge in [-0.25, -0.2) is 0 Å². The first-order valence-electron chi connectivity index (χ1n) is 8.53. The van der Waals surface area contributed by atoms with E-state index in [2.05, 4.69) is 5.32 Å². The molecule has 2 rings (SSSR count). The maximum Gasteiger partial charge on any atom is 0.228 e. The van der Waals surface area contributed by atoms with Crippen LogP contribution in [0.2, 0.25) is 0 Å². The first-order valence-corrected chi connectivity index (χ1v) is 8.53. The Morgan fingerprint density at radius 1 is 1.08 bits per heavy atom. The van der Waals surface area contributed by atoms with Gasteiger partial charge in [-0.05, 0) is 50.1 Å². The van der Waals surface area contributed by atoms with E-state index in [1.807, 2.05) is 32.0 Å². The Morgan fingerprint density at radius 2 is 1.65 bits per heavy atom. The van der Waals surface area contributed by atoms with Crippen LogP contribution in [-0.4, -0.2) is 19.0 Å². The van der Waals surface area contributed by atoms with Gasteiger partial charge in [0.25, 0.3) is 0 Å². The molecule has 138 valence electrons. The van der Waals surface area contributed by atoms with Gasteiger partial charge in [-0.15, -0.1) is 0 Å². The number of nitrogens with one attached hydrogen (secondary N) is 1. The third-order valence-corrected chi connectivity index (χ3v) is 4.41. The summed E-state index contributed by atoms with van der Waals surface area (Å²) >= 11 is 0. The topological polar surface area (TPSA) is 78.5 Å². The highest BCUT2D eigenvalue weighted by molar-refractivity contribution is 5.95. The van der Waals surface area contributed by atoms with E-state index < -0.39 is 17.8 Å². The molecule has 2 atom stereocenters. The zero-order valence-corrected chi connectivity index (χ0v) is 15.5. The lowest BCUT2D eigenvalue weighted by molar-refractivity contribution is -0.312. The number of anilines is 1. The summed E-state index contributed by atoms with van der Waals surface area (Å²) in [5.74, 6) is -2.54. The number of aliphatic carboxylic acids is 1. The van der Waals surface area contributed by atoms with Gasteiger partial charge in [-0.1, -0.05) is 36.2 Å². The Bertz CT molecular complexity index is 763. The van der Waals surface area contributed by atoms with Crippen molar-refractivity contribution in [3.63, 3.8) is 0 Å². The average Bonchev–Trinajstić information content (AvgIpc) is 2.58. The molecule has 0 aliphatic heterocycles. The summed E-state index contributed by atoms with van der Waals surface area (Å²) in [4.78, 5) is 24.2. The standard InChI is InChI=1S/C21H25NO4/c1-13-9-14(2)11-16(10-13)12-19(15(3)21(24)25)20(23)22-17-5-7-18(26-4)8-6-17/h5-11,15,19H,12H2,1-4H3,(H,22,23)(H,24,25)/p-1/t15-,19+/m1/s1. The monoisotopic (exact) mass is 354 g/mol. The van der Waals surface area contributed by atoms with E-state index in [4.69, 9.17) is 4.74 Å². The Labute approximate surface area is 154 Å². The number of amides is 1. The van der Waals surface area contributed by atoms with Crippen LogP contribution in [0.5, 0.6) is 5.75 Å². The SMILES string of the molecule is COc1ccc(NC(=O)[C@@H](Cc2cc(C)cc(C)c2)[C@@H](C)C(=O)[O-])cc1. The minimum atomic E-state index is -1.23. The number of hydrogen-bond donors (Lipinski definition) is 1. The summed E-state index contributed by atoms with van der Waals surface area (Å²) < 4.78 is 5.09. The van der Waals surface area contributed by atoms with Gasteiger partial charge >= 0.3 is 0 Å². The maximum atomic E-state index is 12.8. The van der Waals surface area contributed by atoms with Crippen LogP contribution >= 0.6 is 0 Å². The van der Waals surface area contributed by atoms with E-state index in [1.165, 1.54) is 6.92 Å². The Kier molecular flexibility index (Phi) is 6.39. The third kappa shape index (κ3) is 5.09. The van der Waals surface area contributed by atoms with Crippen molar-refractivity contribution in [2.75, 3.05) is 12.4 Å². The summed E-state index contributed by atoms with van der Waals surface area (Å²) in [5, 5.41) is 14.2. The van der Waals surface area contributed by atoms with E-state index in [1.54, 1.807) is 31.4 Å². The van der Waals surface area contributed by atoms with Gasteiger partial charge < -0.3 is 20.0 Å². The molecule has 2 aromatic rings. The molecule has 26 heavy (non-hydrogen) atoms. The van der Waals surface area contributed by atoms with Gasteiger partial charge in [0.15, 0.2) is 0 Å². The fourth-order valence-corrected chi connectivity index (χ4v) is 3.01. The van der Waals surface area contributed by atoms with E-state index >= 15 is 0 Å². The summed E-state index contributed by atoms with van der Waals surface area (Å²) in [7, 11) is 1.56. The first kappa shape index (κ1) is 19.5. The second kappa shape index (κ2) is 8.52. The van der Waals surface area contributed by atoms with Crippen LogP contribution in [0, 0.1) is 25.7 Å². The molecule has 5 nitrogen and oxygen atoms in total. The molecule has 1 N–H and O–H groups in total. The molecular formula is C21H24NO4-. The third-order valence-electron chi connectivity index (χ3n) is 4.41. The molecule has 2 aromatic carbocycles. The lowest BCUT2D eigenvalue weighted by Crippen LogP contribution is -2.40. The average molecular weight is 354 g/mol. The molecule has 0 aromatic heterocycles. The summed E-state index contributed by atoms with van der Waals surface area (Å²) in [6.07, 6.45) is 0.333. The van der Waals surface area contributed by atoms with Crippen LogP contribution in [0.25, 0.3) is 0 Å². The largest absolute Gasteiger partial charge is 0.550 e. The lowest BCUT2D eigenvalue weighted by Gasteiger charge is -2.24. The van der Waals surface area contributed by atoms with Crippen LogP contribution in [0.1, 0.15) is 23.6 Å². The van der Waals surface area contributed by atoms with Crippen LogP contribution in [0.4, 0.5) is 5.69 Å². The fraction of sp³-hybridized carbons (Fsp3) is 0.333. The second-order valence-electron chi connectivity index (χ2n) is 6.63. The molecular weight excluding hydrogens is 330 g/mol. The molecule has 5 heteroatoms. The number of methoxy groups -OCH3 is 1. The van der Waals surface area contributed by atoms with Crippen molar-refractivity contribution >= 4 is 17.6 Å². The highest BCUT2D eigenvalue weighted by Crippen LogP contribution is 2.22. The lowest BCUT2D eigenvalue weighted by atomic mass is 9.86. The van der Waals surface area contributed by atoms with Gasteiger partial charge in [0.05, 0.1) is 13.0 Å². The molecule has 0 fully saturated rings. The molecule has 0 unspecified atom stereocenters. The number of aryl methyl sites for hydroxylation is 2. The molecule has 0 aliphatic rings. The van der Waals surface area contributed by atoms with Gasteiger partial charge in [0.1, 0.15) is 5.75 Å². The Morgan fingerprint density at radius 3 is 2.15 bits per heavy atom. The van der Waals surface area contributed by atoms with Crippen molar-refractivity contribution in [2.45, 2.75) is 27.2 Å². The first-order chi connectivity index (χ1) is 12.3. The maximum absolute atomic E-state index is 12.8. The summed E-state index contributed by atoms with van der Waals surface area (Å²) in [6, 6.07) is 12.9. The van der Waals surface area contributed by atoms with Gasteiger partial charge in [0, 0.05) is 17.6 Å². The van der Waals surface area contributed by atoms with Gasteiger partial charge in [-0.3, -0.25) is 4.79 Å². The quantitative estimate of drug-likeness (QED) is 0.829. The fourth-order valence-electron chi connectivity index (χ4n) is 3.01. The van der Waals surface area contributed by atoms with E-state index in [0.717, 1.165) is 16.7 Å². The summed E-state index contributed by atoms with van der Waals surface area (Å²) in [6.45, 7) is 5.46. The van der Waals surface area contributed by atoms with Gasteiger partial charge in [0.2, 0.25) is 5.91 Å². The molecule has 0 saturated carbocycles. The smallest absolute Gasteiger partial charge is 0.228 e. The molecule has 0 heterocycles. The summed E-state index contributed by atoms with van der Waals surface area (Å²) in [5.41, 5.74) is 3.68. The van der Waals surface area contributed by atoms with Crippen molar-refractivity contribution in [2.24, 2.45) is 11.8 Å². The number of rotatable bonds is 7. The number of hydrogen-bond acceptors (Lipinski definition) is 4. The molecule has 0 saturated heterocycles. The molecule has 1 amide bonds. The number of ether oxygens (including phenoxy) is 1. The zero-order valence-electron chi connectivity index (χ0n) is 15.5. The van der Waals surface area contributed by atoms with Crippen molar-refractivity contribution in [3.05, 3.63) is 59.2 Å². The Hall–Kier alpha value is -2.82. The number of benzene rings is 2. The minimum Gasteiger partial charge on any atom is -0.550 e. The Balaban J connectivity index is 2.22.